The first-order valence-electron chi connectivity index (χ1n) is 4.29. The lowest BCUT2D eigenvalue weighted by molar-refractivity contribution is 0.738. The van der Waals surface area contributed by atoms with Gasteiger partial charge in [0.2, 0.25) is 0 Å². The fourth-order valence-corrected chi connectivity index (χ4v) is 1.66. The average molecular weight is 179 g/mol. The van der Waals surface area contributed by atoms with Crippen molar-refractivity contribution in [1.82, 2.24) is 10.3 Å². The molecule has 3 heteroatoms. The molecular weight excluding hydrogens is 162 g/mol. The summed E-state index contributed by atoms with van der Waals surface area (Å²) >= 11 is 0. The molecule has 3 N–H and O–H groups in total. The van der Waals surface area contributed by atoms with Crippen LogP contribution < -0.4 is 11.1 Å². The number of aromatic nitrogens is 1. The summed E-state index contributed by atoms with van der Waals surface area (Å²) in [6, 6.07) is 3.79. The smallest absolute Gasteiger partial charge is 0.0676 e. The molecule has 1 aromatic rings. The fraction of sp³-hybridized carbons (Fsp3) is 0.500. The molecule has 1 aliphatic rings. The Kier molecular flexibility index (Phi) is 3.25. The van der Waals surface area contributed by atoms with Crippen molar-refractivity contribution in [2.24, 2.45) is 0 Å². The fourth-order valence-electron chi connectivity index (χ4n) is 1.66. The van der Waals surface area contributed by atoms with Gasteiger partial charge in [0.15, 0.2) is 0 Å². The van der Waals surface area contributed by atoms with Crippen molar-refractivity contribution in [3.8, 4) is 0 Å². The SMILES string of the molecule is C.Nc1cccnc1C1CCNC1. The van der Waals surface area contributed by atoms with E-state index in [4.69, 9.17) is 5.73 Å². The topological polar surface area (TPSA) is 50.9 Å². The van der Waals surface area contributed by atoms with Crippen LogP contribution in [0.25, 0.3) is 0 Å². The minimum atomic E-state index is 0. The highest BCUT2D eigenvalue weighted by Crippen LogP contribution is 2.24. The Hall–Kier alpha value is -1.09. The van der Waals surface area contributed by atoms with Crippen LogP contribution in [0.3, 0.4) is 0 Å². The van der Waals surface area contributed by atoms with E-state index in [2.05, 4.69) is 10.3 Å². The first-order valence-corrected chi connectivity index (χ1v) is 4.29. The maximum Gasteiger partial charge on any atom is 0.0676 e. The van der Waals surface area contributed by atoms with E-state index < -0.39 is 0 Å². The molecule has 0 spiro atoms. The summed E-state index contributed by atoms with van der Waals surface area (Å²) in [5, 5.41) is 3.30. The molecule has 1 aromatic heterocycles. The minimum absolute atomic E-state index is 0. The number of nitrogens with two attached hydrogens (primary N) is 1. The van der Waals surface area contributed by atoms with E-state index in [1.807, 2.05) is 18.3 Å². The van der Waals surface area contributed by atoms with E-state index in [0.29, 0.717) is 5.92 Å². The van der Waals surface area contributed by atoms with Gasteiger partial charge in [0.25, 0.3) is 0 Å². The quantitative estimate of drug-likeness (QED) is 0.684. The van der Waals surface area contributed by atoms with Crippen LogP contribution in [-0.2, 0) is 0 Å². The molecule has 0 saturated carbocycles. The Morgan fingerprint density at radius 1 is 1.54 bits per heavy atom. The number of anilines is 1. The first kappa shape index (κ1) is 9.99. The van der Waals surface area contributed by atoms with Crippen molar-refractivity contribution in [1.29, 1.82) is 0 Å². The van der Waals surface area contributed by atoms with Crippen LogP contribution in [0, 0.1) is 0 Å². The van der Waals surface area contributed by atoms with E-state index in [9.17, 15) is 0 Å². The molecule has 1 unspecified atom stereocenters. The Labute approximate surface area is 79.4 Å². The van der Waals surface area contributed by atoms with Crippen molar-refractivity contribution >= 4 is 5.69 Å². The third kappa shape index (κ3) is 1.98. The number of pyridine rings is 1. The Balaban J connectivity index is 0.000000845. The van der Waals surface area contributed by atoms with Crippen molar-refractivity contribution in [2.75, 3.05) is 18.8 Å². The maximum atomic E-state index is 5.81. The van der Waals surface area contributed by atoms with E-state index >= 15 is 0 Å². The molecule has 72 valence electrons. The summed E-state index contributed by atoms with van der Waals surface area (Å²) in [4.78, 5) is 4.30. The zero-order valence-corrected chi connectivity index (χ0v) is 6.96. The third-order valence-electron chi connectivity index (χ3n) is 2.32. The zero-order valence-electron chi connectivity index (χ0n) is 6.96. The van der Waals surface area contributed by atoms with Crippen molar-refractivity contribution in [3.05, 3.63) is 24.0 Å². The third-order valence-corrected chi connectivity index (χ3v) is 2.32. The molecular formula is C10H17N3. The number of hydrogen-bond donors (Lipinski definition) is 2. The first-order chi connectivity index (χ1) is 5.88. The number of nitrogens with zero attached hydrogens (tertiary/aromatic N) is 1. The van der Waals surface area contributed by atoms with Gasteiger partial charge < -0.3 is 11.1 Å². The Bertz CT molecular complexity index is 267. The zero-order chi connectivity index (χ0) is 8.39. The van der Waals surface area contributed by atoms with Crippen LogP contribution in [0.5, 0.6) is 0 Å². The second-order valence-electron chi connectivity index (χ2n) is 3.17. The molecule has 1 atom stereocenters. The lowest BCUT2D eigenvalue weighted by Gasteiger charge is -2.09. The van der Waals surface area contributed by atoms with Gasteiger partial charge in [-0.25, -0.2) is 0 Å². The van der Waals surface area contributed by atoms with Crippen LogP contribution in [0.4, 0.5) is 5.69 Å². The highest BCUT2D eigenvalue weighted by atomic mass is 14.9. The number of rotatable bonds is 1. The molecule has 1 fully saturated rings. The molecule has 0 aromatic carbocycles. The Morgan fingerprint density at radius 2 is 2.38 bits per heavy atom. The van der Waals surface area contributed by atoms with Crippen molar-refractivity contribution in [3.63, 3.8) is 0 Å². The van der Waals surface area contributed by atoms with Crippen LogP contribution in [0.2, 0.25) is 0 Å². The van der Waals surface area contributed by atoms with E-state index in [-0.39, 0.29) is 7.43 Å². The number of nitrogens with one attached hydrogen (secondary N) is 1. The maximum absolute atomic E-state index is 5.81. The molecule has 3 nitrogen and oxygen atoms in total. The summed E-state index contributed by atoms with van der Waals surface area (Å²) in [5.41, 5.74) is 7.69. The van der Waals surface area contributed by atoms with Gasteiger partial charge >= 0.3 is 0 Å². The lowest BCUT2D eigenvalue weighted by Crippen LogP contribution is -2.10. The van der Waals surface area contributed by atoms with Gasteiger partial charge in [-0.2, -0.15) is 0 Å². The molecule has 2 rings (SSSR count). The van der Waals surface area contributed by atoms with Gasteiger partial charge in [0.05, 0.1) is 11.4 Å². The van der Waals surface area contributed by atoms with Gasteiger partial charge in [-0.1, -0.05) is 7.43 Å². The van der Waals surface area contributed by atoms with Gasteiger partial charge in [-0.05, 0) is 25.1 Å². The molecule has 1 aliphatic heterocycles. The monoisotopic (exact) mass is 179 g/mol. The van der Waals surface area contributed by atoms with E-state index in [1.165, 1.54) is 0 Å². The average Bonchev–Trinajstić information content (AvgIpc) is 2.57. The standard InChI is InChI=1S/C9H13N3.CH4/c10-8-2-1-4-12-9(8)7-3-5-11-6-7;/h1-2,4,7,11H,3,5-6,10H2;1H4. The van der Waals surface area contributed by atoms with Gasteiger partial charge in [0, 0.05) is 18.7 Å². The minimum Gasteiger partial charge on any atom is -0.397 e. The highest BCUT2D eigenvalue weighted by molar-refractivity contribution is 5.44. The highest BCUT2D eigenvalue weighted by Gasteiger charge is 2.19. The number of hydrogen-bond acceptors (Lipinski definition) is 3. The largest absolute Gasteiger partial charge is 0.397 e. The molecule has 0 amide bonds. The second kappa shape index (κ2) is 4.23. The predicted octanol–water partition coefficient (Wildman–Crippen LogP) is 1.38. The van der Waals surface area contributed by atoms with Crippen LogP contribution >= 0.6 is 0 Å². The van der Waals surface area contributed by atoms with Crippen molar-refractivity contribution < 1.29 is 0 Å². The van der Waals surface area contributed by atoms with Gasteiger partial charge in [0.1, 0.15) is 0 Å². The van der Waals surface area contributed by atoms with Crippen LogP contribution in [-0.4, -0.2) is 18.1 Å². The van der Waals surface area contributed by atoms with Gasteiger partial charge in [-0.3, -0.25) is 4.98 Å². The summed E-state index contributed by atoms with van der Waals surface area (Å²) < 4.78 is 0. The number of nitrogen functional groups attached to an aromatic ring is 1. The van der Waals surface area contributed by atoms with Gasteiger partial charge in [-0.15, -0.1) is 0 Å². The van der Waals surface area contributed by atoms with Crippen LogP contribution in [0.15, 0.2) is 18.3 Å². The van der Waals surface area contributed by atoms with Crippen LogP contribution in [0.1, 0.15) is 25.5 Å². The molecule has 0 aliphatic carbocycles. The predicted molar refractivity (Wildman–Crippen MR) is 55.6 cm³/mol. The molecule has 13 heavy (non-hydrogen) atoms. The normalized spacial score (nSPS) is 21.1. The summed E-state index contributed by atoms with van der Waals surface area (Å²) in [6.45, 7) is 2.10. The molecule has 1 saturated heterocycles. The second-order valence-corrected chi connectivity index (χ2v) is 3.17. The summed E-state index contributed by atoms with van der Waals surface area (Å²) in [6.07, 6.45) is 2.96. The van der Waals surface area contributed by atoms with E-state index in [1.54, 1.807) is 0 Å². The lowest BCUT2D eigenvalue weighted by atomic mass is 10.0. The summed E-state index contributed by atoms with van der Waals surface area (Å²) in [7, 11) is 0. The summed E-state index contributed by atoms with van der Waals surface area (Å²) in [5.74, 6) is 0.520. The molecule has 2 heterocycles. The Morgan fingerprint density at radius 3 is 3.00 bits per heavy atom. The molecule has 0 bridgehead atoms. The van der Waals surface area contributed by atoms with Crippen molar-refractivity contribution in [2.45, 2.75) is 19.8 Å². The van der Waals surface area contributed by atoms with E-state index in [0.717, 1.165) is 30.9 Å². The molecule has 0 radical (unpaired) electrons.